The van der Waals surface area contributed by atoms with E-state index in [0.29, 0.717) is 22.2 Å². The zero-order valence-electron chi connectivity index (χ0n) is 18.1. The molecule has 0 spiro atoms. The quantitative estimate of drug-likeness (QED) is 0.335. The molecule has 6 nitrogen and oxygen atoms in total. The molecule has 0 aliphatic heterocycles. The molecule has 0 aliphatic rings. The van der Waals surface area contributed by atoms with Gasteiger partial charge in [0, 0.05) is 10.9 Å². The van der Waals surface area contributed by atoms with Gasteiger partial charge in [-0.15, -0.1) is 5.10 Å². The van der Waals surface area contributed by atoms with E-state index in [2.05, 4.69) is 10.3 Å². The molecular weight excluding hydrogens is 457 g/mol. The lowest BCUT2D eigenvalue weighted by Crippen LogP contribution is -2.34. The van der Waals surface area contributed by atoms with Crippen molar-refractivity contribution < 1.29 is 18.0 Å². The number of hydrogen-bond acceptors (Lipinski definition) is 4. The highest BCUT2D eigenvalue weighted by Crippen LogP contribution is 2.34. The van der Waals surface area contributed by atoms with E-state index in [1.54, 1.807) is 60.8 Å². The van der Waals surface area contributed by atoms with Crippen molar-refractivity contribution >= 4 is 16.7 Å². The average Bonchev–Trinajstić information content (AvgIpc) is 3.34. The molecule has 0 atom stereocenters. The molecule has 0 radical (unpaired) electrons. The Hall–Kier alpha value is -4.53. The number of alkyl halides is 3. The number of halogens is 3. The molecule has 0 N–H and O–H groups in total. The summed E-state index contributed by atoms with van der Waals surface area (Å²) in [5.74, 6) is -2.19. The van der Waals surface area contributed by atoms with Gasteiger partial charge in [-0.05, 0) is 23.8 Å². The second-order valence-electron chi connectivity index (χ2n) is 7.84. The maximum absolute atomic E-state index is 13.6. The second kappa shape index (κ2) is 8.68. The monoisotopic (exact) mass is 474 g/mol. The van der Waals surface area contributed by atoms with Gasteiger partial charge in [0.15, 0.2) is 0 Å². The van der Waals surface area contributed by atoms with E-state index in [0.717, 1.165) is 10.3 Å². The second-order valence-corrected chi connectivity index (χ2v) is 7.84. The van der Waals surface area contributed by atoms with Crippen LogP contribution in [0.1, 0.15) is 16.1 Å². The number of rotatable bonds is 5. The Morgan fingerprint density at radius 2 is 1.49 bits per heavy atom. The smallest absolute Gasteiger partial charge is 0.301 e. The van der Waals surface area contributed by atoms with Crippen molar-refractivity contribution in [2.24, 2.45) is 0 Å². The maximum Gasteiger partial charge on any atom is 0.455 e. The molecule has 0 unspecified atom stereocenters. The lowest BCUT2D eigenvalue weighted by Gasteiger charge is -2.18. The van der Waals surface area contributed by atoms with Crippen molar-refractivity contribution in [3.63, 3.8) is 0 Å². The number of fused-ring (bicyclic) bond motifs is 1. The predicted octanol–water partition coefficient (Wildman–Crippen LogP) is 5.04. The first kappa shape index (κ1) is 22.3. The van der Waals surface area contributed by atoms with Crippen molar-refractivity contribution in [1.29, 1.82) is 0 Å². The van der Waals surface area contributed by atoms with Gasteiger partial charge in [0.25, 0.3) is 11.3 Å². The fourth-order valence-corrected chi connectivity index (χ4v) is 4.06. The number of para-hydroxylation sites is 2. The van der Waals surface area contributed by atoms with Gasteiger partial charge in [-0.1, -0.05) is 71.9 Å². The SMILES string of the molecule is O=C(c1c(-c2ccccc2)c2ccccc2n(Cc2cn(-c3ccccc3)nn2)c1=O)C(F)(F)F. The van der Waals surface area contributed by atoms with Crippen LogP contribution in [0.4, 0.5) is 13.2 Å². The van der Waals surface area contributed by atoms with Crippen LogP contribution in [0.15, 0.2) is 95.9 Å². The fraction of sp³-hybridized carbons (Fsp3) is 0.0769. The van der Waals surface area contributed by atoms with Crippen molar-refractivity contribution in [3.8, 4) is 16.8 Å². The topological polar surface area (TPSA) is 69.8 Å². The Balaban J connectivity index is 1.74. The highest BCUT2D eigenvalue weighted by Gasteiger charge is 2.43. The molecule has 2 heterocycles. The predicted molar refractivity (Wildman–Crippen MR) is 124 cm³/mol. The normalized spacial score (nSPS) is 11.6. The molecule has 0 amide bonds. The first-order valence-electron chi connectivity index (χ1n) is 10.6. The number of carbonyl (C=O) groups is 1. The van der Waals surface area contributed by atoms with Gasteiger partial charge in [-0.25, -0.2) is 4.68 Å². The number of nitrogens with zero attached hydrogens (tertiary/aromatic N) is 4. The van der Waals surface area contributed by atoms with Crippen molar-refractivity contribution in [1.82, 2.24) is 19.6 Å². The van der Waals surface area contributed by atoms with Gasteiger partial charge in [-0.2, -0.15) is 13.2 Å². The standard InChI is InChI=1S/C26H17F3N4O2/c27-26(28,29)24(34)23-22(17-9-3-1-4-10-17)20-13-7-8-14-21(20)32(25(23)35)15-18-16-33(31-30-18)19-11-5-2-6-12-19/h1-14,16H,15H2. The molecule has 174 valence electrons. The van der Waals surface area contributed by atoms with Crippen molar-refractivity contribution in [2.75, 3.05) is 0 Å². The number of Topliss-reactive ketones (excluding diaryl/α,β-unsaturated/α-hetero) is 1. The first-order chi connectivity index (χ1) is 16.8. The van der Waals surface area contributed by atoms with Crippen LogP contribution >= 0.6 is 0 Å². The lowest BCUT2D eigenvalue weighted by molar-refractivity contribution is -0.0885. The molecule has 0 bridgehead atoms. The van der Waals surface area contributed by atoms with Crippen LogP contribution in [0.2, 0.25) is 0 Å². The van der Waals surface area contributed by atoms with Crippen LogP contribution in [0.5, 0.6) is 0 Å². The molecular formula is C26H17F3N4O2. The summed E-state index contributed by atoms with van der Waals surface area (Å²) >= 11 is 0. The Bertz CT molecular complexity index is 1590. The number of hydrogen-bond donors (Lipinski definition) is 0. The molecule has 2 aromatic heterocycles. The fourth-order valence-electron chi connectivity index (χ4n) is 4.06. The Morgan fingerprint density at radius 3 is 2.17 bits per heavy atom. The van der Waals surface area contributed by atoms with E-state index in [1.807, 2.05) is 30.3 Å². The van der Waals surface area contributed by atoms with Crippen LogP contribution in [0.25, 0.3) is 27.7 Å². The minimum Gasteiger partial charge on any atom is -0.301 e. The van der Waals surface area contributed by atoms with Crippen molar-refractivity contribution in [2.45, 2.75) is 12.7 Å². The number of carbonyl (C=O) groups excluding carboxylic acids is 1. The molecule has 35 heavy (non-hydrogen) atoms. The number of ketones is 1. The third-order valence-electron chi connectivity index (χ3n) is 5.60. The van der Waals surface area contributed by atoms with E-state index in [-0.39, 0.29) is 12.1 Å². The molecule has 0 fully saturated rings. The van der Waals surface area contributed by atoms with Crippen LogP contribution in [-0.2, 0) is 6.54 Å². The minimum atomic E-state index is -5.22. The summed E-state index contributed by atoms with van der Waals surface area (Å²) < 4.78 is 43.6. The molecule has 5 aromatic rings. The van der Waals surface area contributed by atoms with E-state index in [1.165, 1.54) is 4.68 Å². The molecule has 0 saturated carbocycles. The van der Waals surface area contributed by atoms with E-state index >= 15 is 0 Å². The summed E-state index contributed by atoms with van der Waals surface area (Å²) in [5, 5.41) is 8.49. The lowest BCUT2D eigenvalue weighted by atomic mass is 9.93. The molecule has 9 heteroatoms. The average molecular weight is 474 g/mol. The van der Waals surface area contributed by atoms with Crippen LogP contribution in [0, 0.1) is 0 Å². The molecule has 0 aliphatic carbocycles. The zero-order chi connectivity index (χ0) is 24.6. The van der Waals surface area contributed by atoms with Gasteiger partial charge >= 0.3 is 6.18 Å². The van der Waals surface area contributed by atoms with Gasteiger partial charge in [0.1, 0.15) is 11.3 Å². The summed E-state index contributed by atoms with van der Waals surface area (Å²) in [7, 11) is 0. The summed E-state index contributed by atoms with van der Waals surface area (Å²) in [6.07, 6.45) is -3.63. The molecule has 5 rings (SSSR count). The van der Waals surface area contributed by atoms with E-state index < -0.39 is 23.1 Å². The Labute approximate surface area is 196 Å². The third kappa shape index (κ3) is 4.12. The maximum atomic E-state index is 13.6. The Morgan fingerprint density at radius 1 is 0.857 bits per heavy atom. The zero-order valence-corrected chi connectivity index (χ0v) is 18.1. The highest BCUT2D eigenvalue weighted by atomic mass is 19.4. The first-order valence-corrected chi connectivity index (χ1v) is 10.6. The van der Waals surface area contributed by atoms with Crippen molar-refractivity contribution in [3.05, 3.63) is 113 Å². The van der Waals surface area contributed by atoms with Gasteiger partial charge in [-0.3, -0.25) is 9.59 Å². The number of benzene rings is 3. The third-order valence-corrected chi connectivity index (χ3v) is 5.60. The molecule has 3 aromatic carbocycles. The summed E-state index contributed by atoms with van der Waals surface area (Å²) in [6, 6.07) is 23.8. The summed E-state index contributed by atoms with van der Waals surface area (Å²) in [6.45, 7) is -0.167. The van der Waals surface area contributed by atoms with Gasteiger partial charge in [0.05, 0.1) is 23.9 Å². The van der Waals surface area contributed by atoms with Crippen LogP contribution < -0.4 is 5.56 Å². The van der Waals surface area contributed by atoms with Gasteiger partial charge in [0.2, 0.25) is 0 Å². The molecule has 0 saturated heterocycles. The van der Waals surface area contributed by atoms with Crippen LogP contribution in [-0.4, -0.2) is 31.5 Å². The number of aromatic nitrogens is 4. The number of pyridine rings is 1. The van der Waals surface area contributed by atoms with Gasteiger partial charge < -0.3 is 4.57 Å². The minimum absolute atomic E-state index is 0.0438. The highest BCUT2D eigenvalue weighted by molar-refractivity contribution is 6.11. The Kier molecular flexibility index (Phi) is 5.52. The summed E-state index contributed by atoms with van der Waals surface area (Å²) in [4.78, 5) is 26.1. The van der Waals surface area contributed by atoms with E-state index in [9.17, 15) is 22.8 Å². The largest absolute Gasteiger partial charge is 0.455 e. The van der Waals surface area contributed by atoms with Crippen LogP contribution in [0.3, 0.4) is 0 Å². The van der Waals surface area contributed by atoms with E-state index in [4.69, 9.17) is 0 Å². The summed E-state index contributed by atoms with van der Waals surface area (Å²) in [5.41, 5.74) is -0.204.